The highest BCUT2D eigenvalue weighted by atomic mass is 35.5. The number of thioether (sulfide) groups is 1. The quantitative estimate of drug-likeness (QED) is 0.495. The molecule has 0 aliphatic carbocycles. The molecule has 7 heteroatoms. The molecule has 24 heavy (non-hydrogen) atoms. The maximum atomic E-state index is 11.9. The SMILES string of the molecule is Cc1cc(SC#N)ccc1NC(=O)COC(=O)c1ccccc1Cl. The molecule has 0 aromatic heterocycles. The summed E-state index contributed by atoms with van der Waals surface area (Å²) in [5, 5.41) is 13.6. The number of benzene rings is 2. The van der Waals surface area contributed by atoms with Crippen LogP contribution >= 0.6 is 23.4 Å². The number of halogens is 1. The van der Waals surface area contributed by atoms with Crippen LogP contribution < -0.4 is 5.32 Å². The summed E-state index contributed by atoms with van der Waals surface area (Å²) in [5.74, 6) is -1.12. The van der Waals surface area contributed by atoms with E-state index in [4.69, 9.17) is 21.6 Å². The number of anilines is 1. The van der Waals surface area contributed by atoms with Crippen molar-refractivity contribution in [3.05, 3.63) is 58.6 Å². The number of nitrogens with zero attached hydrogens (tertiary/aromatic N) is 1. The summed E-state index contributed by atoms with van der Waals surface area (Å²) < 4.78 is 4.96. The molecule has 0 bridgehead atoms. The van der Waals surface area contributed by atoms with Gasteiger partial charge < -0.3 is 10.1 Å². The average molecular weight is 361 g/mol. The highest BCUT2D eigenvalue weighted by molar-refractivity contribution is 8.03. The topological polar surface area (TPSA) is 79.2 Å². The fourth-order valence-corrected chi connectivity index (χ4v) is 2.60. The fourth-order valence-electron chi connectivity index (χ4n) is 1.91. The molecule has 0 atom stereocenters. The zero-order valence-electron chi connectivity index (χ0n) is 12.7. The summed E-state index contributed by atoms with van der Waals surface area (Å²) in [6.45, 7) is 1.39. The number of esters is 1. The summed E-state index contributed by atoms with van der Waals surface area (Å²) in [4.78, 5) is 24.6. The lowest BCUT2D eigenvalue weighted by Gasteiger charge is -2.10. The Morgan fingerprint density at radius 3 is 2.71 bits per heavy atom. The van der Waals surface area contributed by atoms with Gasteiger partial charge in [0.15, 0.2) is 6.61 Å². The van der Waals surface area contributed by atoms with Crippen molar-refractivity contribution in [2.45, 2.75) is 11.8 Å². The molecule has 122 valence electrons. The number of thiocyanates is 1. The lowest BCUT2D eigenvalue weighted by Crippen LogP contribution is -2.21. The highest BCUT2D eigenvalue weighted by Crippen LogP contribution is 2.23. The molecule has 0 fully saturated rings. The van der Waals surface area contributed by atoms with Crippen molar-refractivity contribution in [1.82, 2.24) is 0 Å². The van der Waals surface area contributed by atoms with Crippen LogP contribution in [0.15, 0.2) is 47.4 Å². The first-order valence-electron chi connectivity index (χ1n) is 6.89. The minimum Gasteiger partial charge on any atom is -0.452 e. The van der Waals surface area contributed by atoms with Crippen LogP contribution in [0.3, 0.4) is 0 Å². The summed E-state index contributed by atoms with van der Waals surface area (Å²) in [6, 6.07) is 11.7. The van der Waals surface area contributed by atoms with Crippen LogP contribution in [0.2, 0.25) is 5.02 Å². The number of carbonyl (C=O) groups is 2. The molecule has 2 rings (SSSR count). The lowest BCUT2D eigenvalue weighted by atomic mass is 10.2. The zero-order chi connectivity index (χ0) is 17.5. The number of nitriles is 1. The second-order valence-corrected chi connectivity index (χ2v) is 6.04. The fraction of sp³-hybridized carbons (Fsp3) is 0.118. The van der Waals surface area contributed by atoms with E-state index in [1.807, 2.05) is 12.3 Å². The molecule has 0 aliphatic rings. The Kier molecular flexibility index (Phi) is 6.24. The Morgan fingerprint density at radius 1 is 1.29 bits per heavy atom. The maximum Gasteiger partial charge on any atom is 0.340 e. The predicted octanol–water partition coefficient (Wildman–Crippen LogP) is 4.02. The summed E-state index contributed by atoms with van der Waals surface area (Å²) in [5.41, 5.74) is 1.61. The van der Waals surface area contributed by atoms with E-state index in [1.54, 1.807) is 36.4 Å². The number of carbonyl (C=O) groups excluding carboxylic acids is 2. The molecule has 1 amide bonds. The molecule has 0 saturated carbocycles. The number of aryl methyl sites for hydroxylation is 1. The number of ether oxygens (including phenoxy) is 1. The van der Waals surface area contributed by atoms with Crippen LogP contribution in [0, 0.1) is 17.6 Å². The van der Waals surface area contributed by atoms with Crippen molar-refractivity contribution in [3.8, 4) is 5.40 Å². The molecule has 0 spiro atoms. The van der Waals surface area contributed by atoms with Gasteiger partial charge in [-0.3, -0.25) is 4.79 Å². The largest absolute Gasteiger partial charge is 0.452 e. The van der Waals surface area contributed by atoms with Gasteiger partial charge in [0, 0.05) is 10.6 Å². The van der Waals surface area contributed by atoms with Crippen LogP contribution in [-0.4, -0.2) is 18.5 Å². The Morgan fingerprint density at radius 2 is 2.04 bits per heavy atom. The first-order chi connectivity index (χ1) is 11.5. The Labute approximate surface area is 148 Å². The minimum absolute atomic E-state index is 0.209. The van der Waals surface area contributed by atoms with Crippen LogP contribution in [0.5, 0.6) is 0 Å². The van der Waals surface area contributed by atoms with Gasteiger partial charge in [-0.2, -0.15) is 5.26 Å². The van der Waals surface area contributed by atoms with Crippen molar-refractivity contribution >= 4 is 40.9 Å². The van der Waals surface area contributed by atoms with Gasteiger partial charge in [-0.25, -0.2) is 4.79 Å². The maximum absolute atomic E-state index is 11.9. The smallest absolute Gasteiger partial charge is 0.340 e. The molecule has 1 N–H and O–H groups in total. The van der Waals surface area contributed by atoms with Crippen molar-refractivity contribution in [2.24, 2.45) is 0 Å². The third-order valence-corrected chi connectivity index (χ3v) is 3.97. The number of nitrogens with one attached hydrogen (secondary N) is 1. The monoisotopic (exact) mass is 360 g/mol. The van der Waals surface area contributed by atoms with Gasteiger partial charge >= 0.3 is 5.97 Å². The Hall–Kier alpha value is -2.49. The molecule has 0 unspecified atom stereocenters. The van der Waals surface area contributed by atoms with E-state index in [1.165, 1.54) is 6.07 Å². The minimum atomic E-state index is -0.659. The van der Waals surface area contributed by atoms with E-state index in [0.29, 0.717) is 5.69 Å². The van der Waals surface area contributed by atoms with Gasteiger partial charge in [0.1, 0.15) is 5.40 Å². The second kappa shape index (κ2) is 8.39. The third-order valence-electron chi connectivity index (χ3n) is 3.06. The van der Waals surface area contributed by atoms with Gasteiger partial charge in [0.25, 0.3) is 5.91 Å². The molecule has 0 saturated heterocycles. The van der Waals surface area contributed by atoms with Crippen molar-refractivity contribution in [1.29, 1.82) is 5.26 Å². The molecule has 5 nitrogen and oxygen atoms in total. The number of amides is 1. The number of hydrogen-bond acceptors (Lipinski definition) is 5. The second-order valence-electron chi connectivity index (χ2n) is 4.77. The van der Waals surface area contributed by atoms with E-state index in [2.05, 4.69) is 5.32 Å². The standard InChI is InChI=1S/C17H13ClN2O3S/c1-11-8-12(24-10-19)6-7-15(11)20-16(21)9-23-17(22)13-4-2-3-5-14(13)18/h2-8H,9H2,1H3,(H,20,21). The van der Waals surface area contributed by atoms with E-state index in [0.717, 1.165) is 22.2 Å². The normalized spacial score (nSPS) is 9.88. The highest BCUT2D eigenvalue weighted by Gasteiger charge is 2.13. The first kappa shape index (κ1) is 17.9. The van der Waals surface area contributed by atoms with Crippen molar-refractivity contribution in [2.75, 3.05) is 11.9 Å². The van der Waals surface area contributed by atoms with E-state index >= 15 is 0 Å². The summed E-state index contributed by atoms with van der Waals surface area (Å²) in [6.07, 6.45) is 0. The van der Waals surface area contributed by atoms with E-state index in [9.17, 15) is 9.59 Å². The first-order valence-corrected chi connectivity index (χ1v) is 8.09. The Balaban J connectivity index is 1.93. The summed E-state index contributed by atoms with van der Waals surface area (Å²) in [7, 11) is 0. The van der Waals surface area contributed by atoms with Crippen molar-refractivity contribution in [3.63, 3.8) is 0 Å². The van der Waals surface area contributed by atoms with Gasteiger partial charge in [0.05, 0.1) is 10.6 Å². The van der Waals surface area contributed by atoms with Gasteiger partial charge in [0.2, 0.25) is 0 Å². The molecule has 0 radical (unpaired) electrons. The molecule has 2 aromatic rings. The van der Waals surface area contributed by atoms with Crippen LogP contribution in [0.1, 0.15) is 15.9 Å². The molecular formula is C17H13ClN2O3S. The number of hydrogen-bond donors (Lipinski definition) is 1. The molecule has 0 heterocycles. The van der Waals surface area contributed by atoms with Crippen LogP contribution in [0.4, 0.5) is 5.69 Å². The predicted molar refractivity (Wildman–Crippen MR) is 93.0 cm³/mol. The van der Waals surface area contributed by atoms with E-state index < -0.39 is 18.5 Å². The number of rotatable bonds is 5. The summed E-state index contributed by atoms with van der Waals surface area (Å²) >= 11 is 6.94. The van der Waals surface area contributed by atoms with E-state index in [-0.39, 0.29) is 10.6 Å². The Bertz CT molecular complexity index is 818. The van der Waals surface area contributed by atoms with Gasteiger partial charge in [-0.1, -0.05) is 23.7 Å². The van der Waals surface area contributed by atoms with Gasteiger partial charge in [-0.15, -0.1) is 0 Å². The molecular weight excluding hydrogens is 348 g/mol. The van der Waals surface area contributed by atoms with Crippen LogP contribution in [0.25, 0.3) is 0 Å². The average Bonchev–Trinajstić information content (AvgIpc) is 2.56. The third kappa shape index (κ3) is 4.75. The molecule has 2 aromatic carbocycles. The van der Waals surface area contributed by atoms with Crippen LogP contribution in [-0.2, 0) is 9.53 Å². The van der Waals surface area contributed by atoms with Crippen molar-refractivity contribution < 1.29 is 14.3 Å². The zero-order valence-corrected chi connectivity index (χ0v) is 14.3. The van der Waals surface area contributed by atoms with Gasteiger partial charge in [-0.05, 0) is 54.6 Å². The molecule has 0 aliphatic heterocycles. The lowest BCUT2D eigenvalue weighted by molar-refractivity contribution is -0.119.